The zero-order valence-corrected chi connectivity index (χ0v) is 7.03. The minimum atomic E-state index is -0.245. The van der Waals surface area contributed by atoms with Gasteiger partial charge in [0.25, 0.3) is 0 Å². The minimum Gasteiger partial charge on any atom is -0.304 e. The van der Waals surface area contributed by atoms with Crippen molar-refractivity contribution in [3.05, 3.63) is 0 Å². The summed E-state index contributed by atoms with van der Waals surface area (Å²) in [5.41, 5.74) is 0. The molecule has 0 N–H and O–H groups in total. The summed E-state index contributed by atoms with van der Waals surface area (Å²) in [6.07, 6.45) is 0.750. The third kappa shape index (κ3) is 41.5. The number of hydrogen-bond donors (Lipinski definition) is 0. The Labute approximate surface area is 59.0 Å². The molecule has 0 heterocycles. The first-order valence-electron chi connectivity index (χ1n) is 1.86. The van der Waals surface area contributed by atoms with Crippen LogP contribution < -0.4 is 0 Å². The molecule has 0 radical (unpaired) electrons. The maximum Gasteiger partial charge on any atom is 0.116 e. The summed E-state index contributed by atoms with van der Waals surface area (Å²) in [4.78, 5) is 18.4. The second kappa shape index (κ2) is 9.92. The van der Waals surface area contributed by atoms with Crippen LogP contribution in [0.1, 0.15) is 13.8 Å². The second-order valence-corrected chi connectivity index (χ2v) is 1.28. The second-order valence-electron chi connectivity index (χ2n) is 0.795. The smallest absolute Gasteiger partial charge is 0.116 e. The minimum absolute atomic E-state index is 0.245. The predicted molar refractivity (Wildman–Crippen MR) is 23.5 cm³/mol. The molecule has 0 aliphatic rings. The average Bonchev–Trinajstić information content (AvgIpc) is 1.69. The molecule has 0 aliphatic heterocycles. The number of aldehydes is 1. The number of hydrogen-bond acceptors (Lipinski definition) is 3. The van der Waals surface area contributed by atoms with Gasteiger partial charge in [0, 0.05) is 0 Å². The molecule has 0 aliphatic carbocycles. The van der Waals surface area contributed by atoms with E-state index >= 15 is 0 Å². The summed E-state index contributed by atoms with van der Waals surface area (Å²) in [5, 5.41) is 0. The molecular formula is C4H7IrO3. The van der Waals surface area contributed by atoms with Crippen LogP contribution in [0.15, 0.2) is 0 Å². The van der Waals surface area contributed by atoms with Gasteiger partial charge in [0.2, 0.25) is 0 Å². The van der Waals surface area contributed by atoms with Gasteiger partial charge in [-0.3, -0.25) is 0 Å². The van der Waals surface area contributed by atoms with E-state index in [1.807, 2.05) is 0 Å². The Hall–Kier alpha value is -0.211. The summed E-state index contributed by atoms with van der Waals surface area (Å²) in [5.74, 6) is -0.245. The Morgan fingerprint density at radius 1 is 1.75 bits per heavy atom. The van der Waals surface area contributed by atoms with E-state index in [2.05, 4.69) is 3.50 Å². The first-order chi connectivity index (χ1) is 3.68. The molecule has 4 heteroatoms. The topological polar surface area (TPSA) is 43.4 Å². The van der Waals surface area contributed by atoms with Gasteiger partial charge in [-0.25, -0.2) is 0 Å². The molecule has 50 valence electrons. The van der Waals surface area contributed by atoms with Crippen LogP contribution in [0.5, 0.6) is 0 Å². The summed E-state index contributed by atoms with van der Waals surface area (Å²) in [7, 11) is 0. The van der Waals surface area contributed by atoms with E-state index in [4.69, 9.17) is 4.79 Å². The molecule has 0 unspecified atom stereocenters. The standard InChI is InChI=1S/C2H4O2.C2H4O.Ir/c1-2(3)4;1-2-3;/h1H3,(H,3,4);2H,1H3;/q;;+1/p-1. The van der Waals surface area contributed by atoms with Gasteiger partial charge in [0.05, 0.1) is 0 Å². The van der Waals surface area contributed by atoms with Gasteiger partial charge in [-0.05, 0) is 6.92 Å². The molecule has 0 aromatic rings. The van der Waals surface area contributed by atoms with E-state index in [9.17, 15) is 4.79 Å². The van der Waals surface area contributed by atoms with Crippen LogP contribution in [0, 0.1) is 0 Å². The SMILES string of the molecule is CC(=O)[O][Ir].CC=O. The summed E-state index contributed by atoms with van der Waals surface area (Å²) >= 11 is 1.35. The van der Waals surface area contributed by atoms with Crippen molar-refractivity contribution in [3.63, 3.8) is 0 Å². The molecule has 0 fully saturated rings. The predicted octanol–water partition coefficient (Wildman–Crippen LogP) is 0.216. The maximum absolute atomic E-state index is 9.59. The summed E-state index contributed by atoms with van der Waals surface area (Å²) in [6.45, 7) is 2.81. The average molecular weight is 295 g/mol. The van der Waals surface area contributed by atoms with Crippen LogP contribution in [0.25, 0.3) is 0 Å². The molecule has 0 saturated carbocycles. The fraction of sp³-hybridized carbons (Fsp3) is 0.500. The first-order valence-corrected chi connectivity index (χ1v) is 2.84. The van der Waals surface area contributed by atoms with Crippen molar-refractivity contribution in [2.75, 3.05) is 0 Å². The Balaban J connectivity index is 0. The van der Waals surface area contributed by atoms with Crippen molar-refractivity contribution in [1.29, 1.82) is 0 Å². The molecule has 0 rings (SSSR count). The molecule has 3 nitrogen and oxygen atoms in total. The zero-order chi connectivity index (χ0) is 6.99. The van der Waals surface area contributed by atoms with E-state index in [1.54, 1.807) is 0 Å². The van der Waals surface area contributed by atoms with Crippen LogP contribution in [-0.2, 0) is 32.4 Å². The van der Waals surface area contributed by atoms with Crippen LogP contribution in [0.3, 0.4) is 0 Å². The molecule has 8 heavy (non-hydrogen) atoms. The number of carbonyl (C=O) groups excluding carboxylic acids is 2. The van der Waals surface area contributed by atoms with Gasteiger partial charge in [-0.1, -0.05) is 0 Å². The Bertz CT molecular complexity index is 71.7. The first kappa shape index (κ1) is 10.7. The third-order valence-corrected chi connectivity index (χ3v) is 0.784. The fourth-order valence-corrected chi connectivity index (χ4v) is 0. The molecule has 0 saturated heterocycles. The van der Waals surface area contributed by atoms with E-state index < -0.39 is 0 Å². The van der Waals surface area contributed by atoms with Crippen molar-refractivity contribution in [2.45, 2.75) is 13.8 Å². The molecule has 0 amide bonds. The molecule has 0 atom stereocenters. The molecule has 0 bridgehead atoms. The van der Waals surface area contributed by atoms with Crippen molar-refractivity contribution in [1.82, 2.24) is 0 Å². The normalized spacial score (nSPS) is 6.00. The van der Waals surface area contributed by atoms with Gasteiger partial charge in [-0.15, -0.1) is 0 Å². The van der Waals surface area contributed by atoms with Crippen molar-refractivity contribution < 1.29 is 32.4 Å². The fourth-order valence-electron chi connectivity index (χ4n) is 0. The van der Waals surface area contributed by atoms with Crippen molar-refractivity contribution in [2.24, 2.45) is 0 Å². The number of carbonyl (C=O) groups is 2. The molecular weight excluding hydrogens is 288 g/mol. The van der Waals surface area contributed by atoms with E-state index in [0.717, 1.165) is 6.29 Å². The Kier molecular flexibility index (Phi) is 13.3. The van der Waals surface area contributed by atoms with Crippen LogP contribution in [0.2, 0.25) is 0 Å². The van der Waals surface area contributed by atoms with Gasteiger partial charge in [0.15, 0.2) is 0 Å². The van der Waals surface area contributed by atoms with Gasteiger partial charge < -0.3 is 4.79 Å². The third-order valence-electron chi connectivity index (χ3n) is 0.0958. The summed E-state index contributed by atoms with van der Waals surface area (Å²) in [6, 6.07) is 0. The van der Waals surface area contributed by atoms with Crippen LogP contribution in [0.4, 0.5) is 0 Å². The molecule has 0 aromatic carbocycles. The van der Waals surface area contributed by atoms with Crippen LogP contribution >= 0.6 is 0 Å². The Morgan fingerprint density at radius 2 is 1.88 bits per heavy atom. The summed E-state index contributed by atoms with van der Waals surface area (Å²) < 4.78 is 4.11. The number of rotatable bonds is 0. The van der Waals surface area contributed by atoms with Crippen LogP contribution in [-0.4, -0.2) is 12.3 Å². The van der Waals surface area contributed by atoms with E-state index in [0.29, 0.717) is 0 Å². The van der Waals surface area contributed by atoms with Gasteiger partial charge in [-0.2, -0.15) is 0 Å². The largest absolute Gasteiger partial charge is 0.304 e. The Morgan fingerprint density at radius 3 is 1.88 bits per heavy atom. The molecule has 0 spiro atoms. The van der Waals surface area contributed by atoms with Crippen molar-refractivity contribution in [3.8, 4) is 0 Å². The van der Waals surface area contributed by atoms with Gasteiger partial charge >= 0.3 is 40.5 Å². The van der Waals surface area contributed by atoms with E-state index in [1.165, 1.54) is 33.1 Å². The van der Waals surface area contributed by atoms with E-state index in [-0.39, 0.29) is 5.97 Å². The molecule has 0 aromatic heterocycles. The zero-order valence-electron chi connectivity index (χ0n) is 4.64. The monoisotopic (exact) mass is 296 g/mol. The quantitative estimate of drug-likeness (QED) is 0.600. The van der Waals surface area contributed by atoms with Crippen molar-refractivity contribution >= 4 is 12.3 Å². The maximum atomic E-state index is 9.59. The van der Waals surface area contributed by atoms with Gasteiger partial charge in [0.1, 0.15) is 6.29 Å².